The number of aliphatic hydroxyl groups excluding tert-OH is 1. The highest BCUT2D eigenvalue weighted by Gasteiger charge is 2.23. The van der Waals surface area contributed by atoms with Crippen molar-refractivity contribution >= 4 is 0 Å². The Bertz CT molecular complexity index is 378. The van der Waals surface area contributed by atoms with Gasteiger partial charge in [0.15, 0.2) is 0 Å². The largest absolute Gasteiger partial charge is 0.396 e. The fourth-order valence-corrected chi connectivity index (χ4v) is 4.10. The lowest BCUT2D eigenvalue weighted by Gasteiger charge is -2.14. The summed E-state index contributed by atoms with van der Waals surface area (Å²) in [5.74, 6) is 0.746. The topological polar surface area (TPSA) is 20.2 Å². The molecular weight excluding hydrogens is 292 g/mol. The molecular formula is C23H42O. The van der Waals surface area contributed by atoms with E-state index in [1.165, 1.54) is 77.0 Å². The summed E-state index contributed by atoms with van der Waals surface area (Å²) >= 11 is 0. The number of hydrogen-bond donors (Lipinski definition) is 1. The average Bonchev–Trinajstić information content (AvgIpc) is 2.76. The van der Waals surface area contributed by atoms with Gasteiger partial charge in [-0.2, -0.15) is 0 Å². The number of hydrogen-bond acceptors (Lipinski definition) is 1. The lowest BCUT2D eigenvalue weighted by Crippen LogP contribution is -2.00. The Kier molecular flexibility index (Phi) is 11.4. The molecule has 1 heteroatoms. The molecule has 140 valence electrons. The Hall–Kier alpha value is -0.560. The molecule has 0 aromatic carbocycles. The zero-order chi connectivity index (χ0) is 17.8. The van der Waals surface area contributed by atoms with E-state index in [1.54, 1.807) is 22.3 Å². The van der Waals surface area contributed by atoms with Gasteiger partial charge < -0.3 is 5.11 Å². The van der Waals surface area contributed by atoms with Crippen molar-refractivity contribution in [3.8, 4) is 0 Å². The maximum atomic E-state index is 8.73. The molecule has 1 aliphatic carbocycles. The zero-order valence-corrected chi connectivity index (χ0v) is 16.9. The van der Waals surface area contributed by atoms with Crippen LogP contribution in [0.25, 0.3) is 0 Å². The first-order valence-corrected chi connectivity index (χ1v) is 10.6. The second-order valence-corrected chi connectivity index (χ2v) is 7.92. The molecule has 0 unspecified atom stereocenters. The maximum absolute atomic E-state index is 8.73. The minimum Gasteiger partial charge on any atom is -0.396 e. The van der Waals surface area contributed by atoms with E-state index in [4.69, 9.17) is 5.11 Å². The van der Waals surface area contributed by atoms with Gasteiger partial charge in [-0.15, -0.1) is 0 Å². The van der Waals surface area contributed by atoms with Crippen LogP contribution in [0.5, 0.6) is 0 Å². The highest BCUT2D eigenvalue weighted by molar-refractivity contribution is 5.46. The van der Waals surface area contributed by atoms with Gasteiger partial charge in [-0.05, 0) is 51.7 Å². The third kappa shape index (κ3) is 7.55. The number of allylic oxidation sites excluding steroid dienone is 4. The third-order valence-corrected chi connectivity index (χ3v) is 6.19. The quantitative estimate of drug-likeness (QED) is 0.329. The first-order valence-electron chi connectivity index (χ1n) is 10.6. The molecule has 0 atom stereocenters. The van der Waals surface area contributed by atoms with Crippen LogP contribution < -0.4 is 0 Å². The first kappa shape index (κ1) is 21.5. The lowest BCUT2D eigenvalue weighted by atomic mass is 9.90. The SMILES string of the molecule is CC1=C(C)C(CCCCCCCCCCCCCCO)C(C)=C1C. The number of aliphatic hydroxyl groups is 1. The molecule has 24 heavy (non-hydrogen) atoms. The van der Waals surface area contributed by atoms with Crippen molar-refractivity contribution in [2.75, 3.05) is 6.61 Å². The van der Waals surface area contributed by atoms with Gasteiger partial charge in [-0.3, -0.25) is 0 Å². The van der Waals surface area contributed by atoms with Crippen LogP contribution in [0.4, 0.5) is 0 Å². The third-order valence-electron chi connectivity index (χ3n) is 6.19. The minimum atomic E-state index is 0.367. The smallest absolute Gasteiger partial charge is 0.0431 e. The van der Waals surface area contributed by atoms with Crippen LogP contribution in [-0.4, -0.2) is 11.7 Å². The van der Waals surface area contributed by atoms with E-state index in [-0.39, 0.29) is 0 Å². The standard InChI is InChI=1S/C23H42O/c1-19-20(2)22(4)23(21(19)3)17-15-13-11-9-7-5-6-8-10-12-14-16-18-24/h23-24H,5-18H2,1-4H3. The Morgan fingerprint density at radius 3 is 1.25 bits per heavy atom. The van der Waals surface area contributed by atoms with Crippen LogP contribution >= 0.6 is 0 Å². The molecule has 1 nitrogen and oxygen atoms in total. The van der Waals surface area contributed by atoms with Crippen LogP contribution in [-0.2, 0) is 0 Å². The van der Waals surface area contributed by atoms with E-state index in [1.807, 2.05) is 0 Å². The molecule has 1 N–H and O–H groups in total. The van der Waals surface area contributed by atoms with Crippen molar-refractivity contribution in [3.05, 3.63) is 22.3 Å². The molecule has 0 aromatic heterocycles. The van der Waals surface area contributed by atoms with Gasteiger partial charge >= 0.3 is 0 Å². The maximum Gasteiger partial charge on any atom is 0.0431 e. The van der Waals surface area contributed by atoms with Gasteiger partial charge in [0.25, 0.3) is 0 Å². The molecule has 0 spiro atoms. The van der Waals surface area contributed by atoms with Crippen LogP contribution in [0, 0.1) is 5.92 Å². The summed E-state index contributed by atoms with van der Waals surface area (Å²) in [4.78, 5) is 0. The van der Waals surface area contributed by atoms with E-state index in [9.17, 15) is 0 Å². The molecule has 0 bridgehead atoms. The summed E-state index contributed by atoms with van der Waals surface area (Å²) in [5.41, 5.74) is 6.36. The van der Waals surface area contributed by atoms with Crippen molar-refractivity contribution in [1.29, 1.82) is 0 Å². The summed E-state index contributed by atoms with van der Waals surface area (Å²) in [6.07, 6.45) is 17.5. The second-order valence-electron chi connectivity index (χ2n) is 7.92. The predicted octanol–water partition coefficient (Wildman–Crippen LogP) is 7.35. The fraction of sp³-hybridized carbons (Fsp3) is 0.826. The van der Waals surface area contributed by atoms with E-state index in [0.717, 1.165) is 12.3 Å². The van der Waals surface area contributed by atoms with E-state index in [2.05, 4.69) is 27.7 Å². The zero-order valence-electron chi connectivity index (χ0n) is 16.9. The summed E-state index contributed by atoms with van der Waals surface area (Å²) in [6.45, 7) is 9.63. The Morgan fingerprint density at radius 1 is 0.542 bits per heavy atom. The van der Waals surface area contributed by atoms with Gasteiger partial charge in [-0.25, -0.2) is 0 Å². The van der Waals surface area contributed by atoms with Crippen LogP contribution in [0.2, 0.25) is 0 Å². The molecule has 0 amide bonds. The molecule has 0 fully saturated rings. The minimum absolute atomic E-state index is 0.367. The van der Waals surface area contributed by atoms with Crippen molar-refractivity contribution < 1.29 is 5.11 Å². The van der Waals surface area contributed by atoms with E-state index in [0.29, 0.717) is 6.61 Å². The summed E-state index contributed by atoms with van der Waals surface area (Å²) < 4.78 is 0. The Labute approximate surface area is 151 Å². The molecule has 1 aliphatic rings. The first-order chi connectivity index (χ1) is 11.6. The highest BCUT2D eigenvalue weighted by Crippen LogP contribution is 2.39. The van der Waals surface area contributed by atoms with Crippen molar-refractivity contribution in [1.82, 2.24) is 0 Å². The molecule has 0 saturated heterocycles. The van der Waals surface area contributed by atoms with E-state index < -0.39 is 0 Å². The second kappa shape index (κ2) is 12.8. The highest BCUT2D eigenvalue weighted by atomic mass is 16.2. The van der Waals surface area contributed by atoms with Crippen LogP contribution in [0.15, 0.2) is 22.3 Å². The van der Waals surface area contributed by atoms with E-state index >= 15 is 0 Å². The molecule has 0 saturated carbocycles. The number of rotatable bonds is 14. The van der Waals surface area contributed by atoms with Crippen LogP contribution in [0.1, 0.15) is 111 Å². The van der Waals surface area contributed by atoms with Gasteiger partial charge in [-0.1, -0.05) is 81.8 Å². The monoisotopic (exact) mass is 334 g/mol. The average molecular weight is 335 g/mol. The Balaban J connectivity index is 1.91. The van der Waals surface area contributed by atoms with Crippen molar-refractivity contribution in [2.45, 2.75) is 111 Å². The van der Waals surface area contributed by atoms with Gasteiger partial charge in [0.2, 0.25) is 0 Å². The summed E-state index contributed by atoms with van der Waals surface area (Å²) in [5, 5.41) is 8.73. The lowest BCUT2D eigenvalue weighted by molar-refractivity contribution is 0.282. The van der Waals surface area contributed by atoms with Crippen LogP contribution in [0.3, 0.4) is 0 Å². The molecule has 0 aromatic rings. The molecule has 1 rings (SSSR count). The predicted molar refractivity (Wildman–Crippen MR) is 107 cm³/mol. The van der Waals surface area contributed by atoms with Gasteiger partial charge in [0, 0.05) is 12.5 Å². The van der Waals surface area contributed by atoms with Gasteiger partial charge in [0.05, 0.1) is 0 Å². The summed E-state index contributed by atoms with van der Waals surface area (Å²) in [6, 6.07) is 0. The normalized spacial score (nSPS) is 15.9. The fourth-order valence-electron chi connectivity index (χ4n) is 4.10. The number of unbranched alkanes of at least 4 members (excludes halogenated alkanes) is 11. The summed E-state index contributed by atoms with van der Waals surface area (Å²) in [7, 11) is 0. The molecule has 0 aliphatic heterocycles. The van der Waals surface area contributed by atoms with Crippen molar-refractivity contribution in [3.63, 3.8) is 0 Å². The molecule has 0 heterocycles. The Morgan fingerprint density at radius 2 is 0.875 bits per heavy atom. The molecule has 0 radical (unpaired) electrons. The van der Waals surface area contributed by atoms with Crippen molar-refractivity contribution in [2.24, 2.45) is 5.92 Å². The van der Waals surface area contributed by atoms with Gasteiger partial charge in [0.1, 0.15) is 0 Å².